The Labute approximate surface area is 628 Å². The van der Waals surface area contributed by atoms with E-state index in [0.717, 1.165) is 108 Å². The van der Waals surface area contributed by atoms with Gasteiger partial charge in [0.05, 0.1) is 5.69 Å². The first-order chi connectivity index (χ1) is 53.6. The molecule has 0 spiro atoms. The van der Waals surface area contributed by atoms with Crippen LogP contribution in [0.5, 0.6) is 0 Å². The van der Waals surface area contributed by atoms with Gasteiger partial charge in [-0.25, -0.2) is 0 Å². The maximum atomic E-state index is 2.62. The lowest BCUT2D eigenvalue weighted by atomic mass is 9.33. The molecule has 0 unspecified atom stereocenters. The van der Waals surface area contributed by atoms with Crippen LogP contribution in [0, 0.1) is 0 Å². The van der Waals surface area contributed by atoms with E-state index in [1.165, 1.54) is 81.0 Å². The van der Waals surface area contributed by atoms with Gasteiger partial charge < -0.3 is 24.5 Å². The molecule has 6 heteroatoms. The number of rotatable bonds is 13. The van der Waals surface area contributed by atoms with Gasteiger partial charge in [0.1, 0.15) is 0 Å². The molecule has 0 N–H and O–H groups in total. The molecule has 0 radical (unpaired) electrons. The van der Waals surface area contributed by atoms with Crippen molar-refractivity contribution in [1.29, 1.82) is 0 Å². The number of benzene rings is 19. The standard InChI is InChI=1S/C102H68BN5/c1-7-27-69(28-8-1)71-47-51-77(52-48-71)106(78-53-49-72(50-54-78)70-29-9-2-10-30-70)83-67-100-102-101(68-83)108(80-56-60-93-89-44-22-20-40-85(89)87-42-24-26-46-91(87)95(93)64-80)99-66-82(105(75-35-15-5-16-36-75)76-37-17-6-18-38-76)58-62-97(99)103(102)96-61-57-81(104(73-31-11-3-12-32-73)74-33-13-4-14-34-74)65-98(96)107(100)79-55-59-92-88-43-21-19-39-84(88)86-41-23-25-45-90(86)94(92)63-79/h1-68H. The fourth-order valence-corrected chi connectivity index (χ4v) is 17.5. The van der Waals surface area contributed by atoms with Crippen LogP contribution >= 0.6 is 0 Å². The molecule has 2 heterocycles. The molecule has 0 fully saturated rings. The van der Waals surface area contributed by atoms with Crippen molar-refractivity contribution in [2.45, 2.75) is 0 Å². The van der Waals surface area contributed by atoms with Gasteiger partial charge in [-0.15, -0.1) is 0 Å². The molecule has 0 saturated carbocycles. The molecule has 5 nitrogen and oxygen atoms in total. The van der Waals surface area contributed by atoms with Crippen molar-refractivity contribution >= 4 is 173 Å². The van der Waals surface area contributed by atoms with Gasteiger partial charge in [-0.1, -0.05) is 279 Å². The minimum atomic E-state index is -0.271. The van der Waals surface area contributed by atoms with Crippen LogP contribution in [0.25, 0.3) is 86.9 Å². The van der Waals surface area contributed by atoms with Crippen LogP contribution in [0.4, 0.5) is 85.3 Å². The Hall–Kier alpha value is -14.2. The number of hydrogen-bond acceptors (Lipinski definition) is 5. The Balaban J connectivity index is 0.903. The summed E-state index contributed by atoms with van der Waals surface area (Å²) in [4.78, 5) is 12.5. The van der Waals surface area contributed by atoms with Crippen molar-refractivity contribution in [2.75, 3.05) is 24.5 Å². The number of fused-ring (bicyclic) bond motifs is 16. The van der Waals surface area contributed by atoms with Crippen molar-refractivity contribution in [1.82, 2.24) is 0 Å². The highest BCUT2D eigenvalue weighted by Gasteiger charge is 2.45. The van der Waals surface area contributed by atoms with E-state index in [0.29, 0.717) is 0 Å². The molecular weight excluding hydrogens is 1310 g/mol. The van der Waals surface area contributed by atoms with E-state index < -0.39 is 0 Å². The maximum absolute atomic E-state index is 2.62. The zero-order chi connectivity index (χ0) is 71.2. The van der Waals surface area contributed by atoms with E-state index in [2.05, 4.69) is 437 Å². The van der Waals surface area contributed by atoms with E-state index in [9.17, 15) is 0 Å². The second kappa shape index (κ2) is 25.9. The highest BCUT2D eigenvalue weighted by molar-refractivity contribution is 7.00. The largest absolute Gasteiger partial charge is 0.311 e. The third-order valence-corrected chi connectivity index (χ3v) is 22.3. The van der Waals surface area contributed by atoms with E-state index >= 15 is 0 Å². The molecule has 2 aliphatic rings. The highest BCUT2D eigenvalue weighted by Crippen LogP contribution is 2.53. The predicted octanol–water partition coefficient (Wildman–Crippen LogP) is 26.4. The second-order valence-corrected chi connectivity index (χ2v) is 28.3. The van der Waals surface area contributed by atoms with Crippen LogP contribution in [0.1, 0.15) is 0 Å². The van der Waals surface area contributed by atoms with Gasteiger partial charge in [0.2, 0.25) is 0 Å². The van der Waals surface area contributed by atoms with Crippen LogP contribution in [0.3, 0.4) is 0 Å². The summed E-state index contributed by atoms with van der Waals surface area (Å²) in [7, 11) is 0. The van der Waals surface area contributed by atoms with Crippen molar-refractivity contribution in [3.8, 4) is 22.3 Å². The van der Waals surface area contributed by atoms with Crippen LogP contribution in [-0.4, -0.2) is 6.71 Å². The molecule has 0 saturated heterocycles. The number of hydrogen-bond donors (Lipinski definition) is 0. The quantitative estimate of drug-likeness (QED) is 0.0842. The molecule has 19 aromatic rings. The monoisotopic (exact) mass is 1370 g/mol. The molecular formula is C102H68BN5. The topological polar surface area (TPSA) is 16.2 Å². The van der Waals surface area contributed by atoms with Gasteiger partial charge in [-0.3, -0.25) is 0 Å². The first-order valence-corrected chi connectivity index (χ1v) is 37.2. The van der Waals surface area contributed by atoms with Gasteiger partial charge in [0.25, 0.3) is 6.71 Å². The van der Waals surface area contributed by atoms with Crippen LogP contribution in [0.2, 0.25) is 0 Å². The molecule has 0 atom stereocenters. The van der Waals surface area contributed by atoms with E-state index in [1.807, 2.05) is 0 Å². The van der Waals surface area contributed by atoms with E-state index in [1.54, 1.807) is 0 Å². The normalized spacial score (nSPS) is 12.2. The summed E-state index contributed by atoms with van der Waals surface area (Å²) in [6.07, 6.45) is 0. The minimum absolute atomic E-state index is 0.271. The summed E-state index contributed by atoms with van der Waals surface area (Å²) in [6.45, 7) is -0.271. The van der Waals surface area contributed by atoms with E-state index in [4.69, 9.17) is 0 Å². The van der Waals surface area contributed by atoms with Crippen molar-refractivity contribution in [2.24, 2.45) is 0 Å². The number of anilines is 15. The van der Waals surface area contributed by atoms with Crippen molar-refractivity contribution in [3.63, 3.8) is 0 Å². The predicted molar refractivity (Wildman–Crippen MR) is 460 cm³/mol. The van der Waals surface area contributed by atoms with Crippen LogP contribution in [-0.2, 0) is 0 Å². The summed E-state index contributed by atoms with van der Waals surface area (Å²) in [6, 6.07) is 153. The SMILES string of the molecule is c1ccc(-c2ccc(N(c3ccc(-c4ccccc4)cc3)c3cc4c5c(c3)N(c3ccc6c7ccccc7c7ccccc7c6c3)c3cc(N(c6ccccc6)c6ccccc6)ccc3B5c3ccc(N(c5ccccc5)c5ccccc5)cc3N4c3ccc4c5ccccc5c5ccccc5c4c3)cc2)cc1. The Morgan fingerprint density at radius 2 is 0.407 bits per heavy atom. The maximum Gasteiger partial charge on any atom is 0.252 e. The van der Waals surface area contributed by atoms with Gasteiger partial charge in [-0.05, 0) is 237 Å². The number of para-hydroxylation sites is 4. The lowest BCUT2D eigenvalue weighted by Gasteiger charge is -2.45. The fraction of sp³-hybridized carbons (Fsp3) is 0. The third kappa shape index (κ3) is 10.4. The molecule has 2 aliphatic heterocycles. The van der Waals surface area contributed by atoms with Crippen LogP contribution < -0.4 is 40.9 Å². The molecule has 0 aromatic heterocycles. The molecule has 0 bridgehead atoms. The summed E-state index contributed by atoms with van der Waals surface area (Å²) < 4.78 is 0. The molecule has 108 heavy (non-hydrogen) atoms. The number of nitrogens with zero attached hydrogens (tertiary/aromatic N) is 5. The van der Waals surface area contributed by atoms with Crippen molar-refractivity contribution < 1.29 is 0 Å². The van der Waals surface area contributed by atoms with Gasteiger partial charge in [0.15, 0.2) is 0 Å². The summed E-state index contributed by atoms with van der Waals surface area (Å²) in [5.74, 6) is 0. The average molecular weight is 1370 g/mol. The highest BCUT2D eigenvalue weighted by atomic mass is 15.2. The third-order valence-electron chi connectivity index (χ3n) is 22.3. The molecule has 0 aliphatic carbocycles. The average Bonchev–Trinajstić information content (AvgIpc) is 0.690. The molecule has 504 valence electrons. The molecule has 21 rings (SSSR count). The summed E-state index contributed by atoms with van der Waals surface area (Å²) >= 11 is 0. The van der Waals surface area contributed by atoms with Gasteiger partial charge in [0, 0.05) is 79.6 Å². The summed E-state index contributed by atoms with van der Waals surface area (Å²) in [5.41, 5.74) is 24.0. The first kappa shape index (κ1) is 62.4. The van der Waals surface area contributed by atoms with Gasteiger partial charge in [-0.2, -0.15) is 0 Å². The summed E-state index contributed by atoms with van der Waals surface area (Å²) in [5, 5.41) is 14.6. The second-order valence-electron chi connectivity index (χ2n) is 28.3. The fourth-order valence-electron chi connectivity index (χ4n) is 17.5. The Morgan fingerprint density at radius 3 is 0.731 bits per heavy atom. The lowest BCUT2D eigenvalue weighted by molar-refractivity contribution is 1.22. The first-order valence-electron chi connectivity index (χ1n) is 37.2. The molecule has 19 aromatic carbocycles. The zero-order valence-corrected chi connectivity index (χ0v) is 59.1. The lowest BCUT2D eigenvalue weighted by Crippen LogP contribution is -2.61. The van der Waals surface area contributed by atoms with Gasteiger partial charge >= 0.3 is 0 Å². The Morgan fingerprint density at radius 1 is 0.167 bits per heavy atom. The van der Waals surface area contributed by atoms with E-state index in [-0.39, 0.29) is 6.71 Å². The molecule has 0 amide bonds. The van der Waals surface area contributed by atoms with Crippen LogP contribution in [0.15, 0.2) is 413 Å². The minimum Gasteiger partial charge on any atom is -0.311 e. The smallest absolute Gasteiger partial charge is 0.252 e. The Kier molecular flexibility index (Phi) is 15.0. The van der Waals surface area contributed by atoms with Crippen molar-refractivity contribution in [3.05, 3.63) is 413 Å². The zero-order valence-electron chi connectivity index (χ0n) is 59.1. The Bertz CT molecular complexity index is 6130.